The Bertz CT molecular complexity index is 805. The molecule has 0 aliphatic carbocycles. The summed E-state index contributed by atoms with van der Waals surface area (Å²) in [4.78, 5) is 12.6. The van der Waals surface area contributed by atoms with E-state index >= 15 is 0 Å². The summed E-state index contributed by atoms with van der Waals surface area (Å²) in [6.07, 6.45) is 2.74. The van der Waals surface area contributed by atoms with E-state index < -0.39 is 0 Å². The topological polar surface area (TPSA) is 35.5 Å². The molecule has 2 heterocycles. The van der Waals surface area contributed by atoms with Gasteiger partial charge in [-0.25, -0.2) is 0 Å². The van der Waals surface area contributed by atoms with Crippen LogP contribution in [0, 0.1) is 0 Å². The SMILES string of the molecule is C[N+]1(CCCC(=O)c2ccc3c(c2)OCCO3)CC[C@@H](c2ccccc2)C1. The molecule has 0 N–H and O–H groups in total. The molecule has 1 unspecified atom stereocenters. The fourth-order valence-electron chi connectivity index (χ4n) is 4.36. The number of rotatable bonds is 6. The number of ketones is 1. The first kappa shape index (κ1) is 18.1. The average Bonchev–Trinajstić information content (AvgIpc) is 3.10. The highest BCUT2D eigenvalue weighted by Gasteiger charge is 2.34. The van der Waals surface area contributed by atoms with E-state index in [4.69, 9.17) is 9.47 Å². The molecule has 4 nitrogen and oxygen atoms in total. The van der Waals surface area contributed by atoms with Crippen LogP contribution in [0.1, 0.15) is 41.1 Å². The molecule has 0 saturated carbocycles. The summed E-state index contributed by atoms with van der Waals surface area (Å²) >= 11 is 0. The Hall–Kier alpha value is -2.33. The van der Waals surface area contributed by atoms with Gasteiger partial charge in [0.2, 0.25) is 0 Å². The predicted molar refractivity (Wildman–Crippen MR) is 106 cm³/mol. The Morgan fingerprint density at radius 3 is 2.67 bits per heavy atom. The minimum Gasteiger partial charge on any atom is -0.486 e. The third-order valence-electron chi connectivity index (χ3n) is 5.92. The van der Waals surface area contributed by atoms with Crippen molar-refractivity contribution in [3.8, 4) is 11.5 Å². The Morgan fingerprint density at radius 1 is 1.07 bits per heavy atom. The van der Waals surface area contributed by atoms with E-state index in [0.717, 1.165) is 28.8 Å². The van der Waals surface area contributed by atoms with E-state index in [2.05, 4.69) is 37.4 Å². The maximum absolute atomic E-state index is 12.6. The summed E-state index contributed by atoms with van der Waals surface area (Å²) in [5.74, 6) is 2.26. The van der Waals surface area contributed by atoms with Gasteiger partial charge in [-0.05, 0) is 23.8 Å². The van der Waals surface area contributed by atoms with Crippen LogP contribution in [0.15, 0.2) is 48.5 Å². The molecule has 1 fully saturated rings. The van der Waals surface area contributed by atoms with Crippen molar-refractivity contribution in [1.29, 1.82) is 0 Å². The number of carbonyl (C=O) groups is 1. The number of hydrogen-bond donors (Lipinski definition) is 0. The second-order valence-corrected chi connectivity index (χ2v) is 8.03. The fraction of sp³-hybridized carbons (Fsp3) is 0.435. The number of likely N-dealkylation sites (N-methyl/N-ethyl adjacent to an activating group) is 1. The number of nitrogens with zero attached hydrogens (tertiary/aromatic N) is 1. The molecule has 0 aromatic heterocycles. The smallest absolute Gasteiger partial charge is 0.163 e. The zero-order chi connectivity index (χ0) is 18.7. The molecule has 2 aromatic rings. The number of carbonyl (C=O) groups excluding carboxylic acids is 1. The molecule has 4 rings (SSSR count). The zero-order valence-electron chi connectivity index (χ0n) is 16.0. The number of quaternary nitrogens is 1. The lowest BCUT2D eigenvalue weighted by atomic mass is 9.99. The van der Waals surface area contributed by atoms with E-state index in [1.807, 2.05) is 18.2 Å². The van der Waals surface area contributed by atoms with Crippen LogP contribution in [0.5, 0.6) is 11.5 Å². The van der Waals surface area contributed by atoms with Crippen molar-refractivity contribution in [3.63, 3.8) is 0 Å². The summed E-state index contributed by atoms with van der Waals surface area (Å²) in [5.41, 5.74) is 2.18. The van der Waals surface area contributed by atoms with Crippen LogP contribution in [0.3, 0.4) is 0 Å². The summed E-state index contributed by atoms with van der Waals surface area (Å²) in [7, 11) is 2.33. The van der Waals surface area contributed by atoms with Crippen molar-refractivity contribution in [3.05, 3.63) is 59.7 Å². The van der Waals surface area contributed by atoms with Crippen LogP contribution in [0.2, 0.25) is 0 Å². The van der Waals surface area contributed by atoms with Crippen molar-refractivity contribution in [2.45, 2.75) is 25.2 Å². The van der Waals surface area contributed by atoms with Gasteiger partial charge in [0.25, 0.3) is 0 Å². The number of fused-ring (bicyclic) bond motifs is 1. The zero-order valence-corrected chi connectivity index (χ0v) is 16.0. The van der Waals surface area contributed by atoms with Gasteiger partial charge in [-0.2, -0.15) is 0 Å². The van der Waals surface area contributed by atoms with Gasteiger partial charge in [-0.3, -0.25) is 4.79 Å². The maximum atomic E-state index is 12.6. The Morgan fingerprint density at radius 2 is 1.85 bits per heavy atom. The van der Waals surface area contributed by atoms with Crippen LogP contribution >= 0.6 is 0 Å². The lowest BCUT2D eigenvalue weighted by Crippen LogP contribution is -2.42. The van der Waals surface area contributed by atoms with Gasteiger partial charge in [0, 0.05) is 30.7 Å². The van der Waals surface area contributed by atoms with Crippen LogP contribution in [0.4, 0.5) is 0 Å². The fourth-order valence-corrected chi connectivity index (χ4v) is 4.36. The Labute approximate surface area is 161 Å². The van der Waals surface area contributed by atoms with Crippen molar-refractivity contribution in [1.82, 2.24) is 0 Å². The highest BCUT2D eigenvalue weighted by molar-refractivity contribution is 5.96. The third-order valence-corrected chi connectivity index (χ3v) is 5.92. The highest BCUT2D eigenvalue weighted by atomic mass is 16.6. The third kappa shape index (κ3) is 4.16. The van der Waals surface area contributed by atoms with Gasteiger partial charge < -0.3 is 14.0 Å². The van der Waals surface area contributed by atoms with Crippen LogP contribution in [-0.2, 0) is 0 Å². The predicted octanol–water partition coefficient (Wildman–Crippen LogP) is 4.05. The molecule has 4 heteroatoms. The van der Waals surface area contributed by atoms with Crippen LogP contribution < -0.4 is 9.47 Å². The minimum absolute atomic E-state index is 0.192. The summed E-state index contributed by atoms with van der Waals surface area (Å²) in [5, 5.41) is 0. The van der Waals surface area contributed by atoms with E-state index in [1.165, 1.54) is 25.1 Å². The van der Waals surface area contributed by atoms with Crippen LogP contribution in [0.25, 0.3) is 0 Å². The van der Waals surface area contributed by atoms with Crippen LogP contribution in [-0.4, -0.2) is 50.2 Å². The van der Waals surface area contributed by atoms with Gasteiger partial charge in [-0.15, -0.1) is 0 Å². The normalized spacial score (nSPS) is 24.0. The number of Topliss-reactive ketones (excluding diaryl/α,β-unsaturated/α-hetero) is 1. The van der Waals surface area contributed by atoms with E-state index in [1.54, 1.807) is 0 Å². The van der Waals surface area contributed by atoms with Crippen molar-refractivity contribution in [2.24, 2.45) is 0 Å². The number of benzene rings is 2. The first-order valence-corrected chi connectivity index (χ1v) is 9.94. The lowest BCUT2D eigenvalue weighted by Gasteiger charge is -2.29. The standard InChI is InChI=1S/C23H28NO3/c1-24(13-11-20(17-24)18-6-3-2-4-7-18)12-5-8-21(25)19-9-10-22-23(16-19)27-15-14-26-22/h2-4,6-7,9-10,16,20H,5,8,11-15,17H2,1H3/q+1/t20-,24?/m1/s1. The number of ether oxygens (including phenoxy) is 2. The first-order valence-electron chi connectivity index (χ1n) is 9.94. The lowest BCUT2D eigenvalue weighted by molar-refractivity contribution is -0.898. The van der Waals surface area contributed by atoms with Gasteiger partial charge in [-0.1, -0.05) is 30.3 Å². The molecule has 0 radical (unpaired) electrons. The molecule has 0 spiro atoms. The molecule has 2 atom stereocenters. The van der Waals surface area contributed by atoms with E-state index in [-0.39, 0.29) is 5.78 Å². The van der Waals surface area contributed by atoms with Gasteiger partial charge in [0.15, 0.2) is 17.3 Å². The highest BCUT2D eigenvalue weighted by Crippen LogP contribution is 2.33. The minimum atomic E-state index is 0.192. The molecule has 2 aromatic carbocycles. The second-order valence-electron chi connectivity index (χ2n) is 8.03. The molecule has 27 heavy (non-hydrogen) atoms. The largest absolute Gasteiger partial charge is 0.486 e. The second kappa shape index (κ2) is 7.73. The van der Waals surface area contributed by atoms with Crippen molar-refractivity contribution in [2.75, 3.05) is 39.9 Å². The van der Waals surface area contributed by atoms with Gasteiger partial charge >= 0.3 is 0 Å². The van der Waals surface area contributed by atoms with E-state index in [9.17, 15) is 4.79 Å². The maximum Gasteiger partial charge on any atom is 0.163 e. The molecular formula is C23H28NO3+. The molecule has 1 saturated heterocycles. The molecule has 142 valence electrons. The molecule has 0 bridgehead atoms. The van der Waals surface area contributed by atoms with E-state index in [0.29, 0.717) is 31.3 Å². The van der Waals surface area contributed by atoms with Gasteiger partial charge in [0.1, 0.15) is 13.2 Å². The summed E-state index contributed by atoms with van der Waals surface area (Å²) < 4.78 is 12.2. The Kier molecular flexibility index (Phi) is 5.17. The molecule has 0 amide bonds. The molecule has 2 aliphatic rings. The quantitative estimate of drug-likeness (QED) is 0.571. The number of hydrogen-bond acceptors (Lipinski definition) is 3. The molecular weight excluding hydrogens is 338 g/mol. The first-order chi connectivity index (χ1) is 13.1. The van der Waals surface area contributed by atoms with Crippen molar-refractivity contribution >= 4 is 5.78 Å². The Balaban J connectivity index is 1.30. The average molecular weight is 366 g/mol. The molecule has 2 aliphatic heterocycles. The monoisotopic (exact) mass is 366 g/mol. The number of likely N-dealkylation sites (tertiary alicyclic amines) is 1. The summed E-state index contributed by atoms with van der Waals surface area (Å²) in [6, 6.07) is 16.4. The van der Waals surface area contributed by atoms with Crippen molar-refractivity contribution < 1.29 is 18.8 Å². The summed E-state index contributed by atoms with van der Waals surface area (Å²) in [6.45, 7) is 4.53. The van der Waals surface area contributed by atoms with Gasteiger partial charge in [0.05, 0.1) is 26.7 Å².